The van der Waals surface area contributed by atoms with Crippen LogP contribution in [-0.2, 0) is 6.42 Å². The lowest BCUT2D eigenvalue weighted by Gasteiger charge is -2.41. The molecule has 1 aromatic heterocycles. The van der Waals surface area contributed by atoms with E-state index in [1.807, 2.05) is 19.1 Å². The number of likely N-dealkylation sites (N-methyl/N-ethyl adjacent to an activating group) is 1. The molecule has 1 amide bonds. The van der Waals surface area contributed by atoms with Crippen LogP contribution >= 0.6 is 0 Å². The van der Waals surface area contributed by atoms with Gasteiger partial charge in [0.05, 0.1) is 11.8 Å². The summed E-state index contributed by atoms with van der Waals surface area (Å²) in [5.74, 6) is 1.15. The maximum Gasteiger partial charge on any atom is 0.271 e. The van der Waals surface area contributed by atoms with Gasteiger partial charge in [-0.2, -0.15) is 0 Å². The topological polar surface area (TPSA) is 132 Å². The van der Waals surface area contributed by atoms with Gasteiger partial charge in [-0.05, 0) is 82.2 Å². The first kappa shape index (κ1) is 27.6. The van der Waals surface area contributed by atoms with Gasteiger partial charge in [0.2, 0.25) is 0 Å². The first-order valence-electron chi connectivity index (χ1n) is 14.6. The van der Waals surface area contributed by atoms with Gasteiger partial charge in [0.1, 0.15) is 5.82 Å². The maximum absolute atomic E-state index is 12.3. The first-order chi connectivity index (χ1) is 18.9. The molecule has 1 unspecified atom stereocenters. The number of carbonyl (C=O) groups excluding carboxylic acids is 1. The van der Waals surface area contributed by atoms with Crippen molar-refractivity contribution >= 4 is 28.9 Å². The van der Waals surface area contributed by atoms with Crippen LogP contribution in [0.2, 0.25) is 0 Å². The number of primary amides is 1. The highest BCUT2D eigenvalue weighted by Gasteiger charge is 2.29. The number of hydrogen-bond acceptors (Lipinski definition) is 9. The molecular weight excluding hydrogens is 492 g/mol. The van der Waals surface area contributed by atoms with E-state index < -0.39 is 5.91 Å². The van der Waals surface area contributed by atoms with E-state index in [0.29, 0.717) is 29.8 Å². The van der Waals surface area contributed by atoms with Gasteiger partial charge in [-0.15, -0.1) is 0 Å². The minimum atomic E-state index is -0.606. The molecule has 212 valence electrons. The number of anilines is 4. The molecule has 3 aliphatic rings. The smallest absolute Gasteiger partial charge is 0.271 e. The number of aromatic nitrogens is 2. The predicted octanol–water partition coefficient (Wildman–Crippen LogP) is 2.72. The second-order valence-corrected chi connectivity index (χ2v) is 11.4. The molecule has 10 heteroatoms. The number of aliphatic hydroxyl groups is 1. The standard InChI is InChI=1S/C29H44N8O2/c1-3-24-28(32-21-6-10-23(38)11-7-21)35-29(26(34-24)27(30)39)33-20-4-8-22(9-5-20)37-15-12-19(13-16-37)25-18-36(2)17-14-31-25/h4-5,8-9,19,21,23,25,31,38H,3,6-7,10-18H2,1-2H3,(H2,30,39)(H2,32,33,35). The number of piperazine rings is 1. The number of hydrogen-bond donors (Lipinski definition) is 5. The van der Waals surface area contributed by atoms with Crippen molar-refractivity contribution in [2.45, 2.75) is 70.1 Å². The zero-order valence-corrected chi connectivity index (χ0v) is 23.3. The molecule has 5 rings (SSSR count). The molecule has 1 aromatic carbocycles. The van der Waals surface area contributed by atoms with Crippen molar-refractivity contribution in [3.63, 3.8) is 0 Å². The number of piperidine rings is 1. The van der Waals surface area contributed by atoms with Crippen molar-refractivity contribution < 1.29 is 9.90 Å². The summed E-state index contributed by atoms with van der Waals surface area (Å²) >= 11 is 0. The van der Waals surface area contributed by atoms with Crippen LogP contribution in [0, 0.1) is 5.92 Å². The van der Waals surface area contributed by atoms with Gasteiger partial charge in [-0.25, -0.2) is 9.97 Å². The summed E-state index contributed by atoms with van der Waals surface area (Å²) in [5, 5.41) is 20.4. The normalized spacial score (nSPS) is 24.9. The Morgan fingerprint density at radius 2 is 1.77 bits per heavy atom. The number of nitrogens with two attached hydrogens (primary N) is 1. The molecule has 1 aliphatic carbocycles. The van der Waals surface area contributed by atoms with Gasteiger partial charge in [0.15, 0.2) is 11.5 Å². The number of nitrogens with one attached hydrogen (secondary N) is 3. The summed E-state index contributed by atoms with van der Waals surface area (Å²) in [7, 11) is 2.22. The minimum absolute atomic E-state index is 0.143. The van der Waals surface area contributed by atoms with E-state index in [1.165, 1.54) is 18.5 Å². The third kappa shape index (κ3) is 6.80. The summed E-state index contributed by atoms with van der Waals surface area (Å²) in [6.07, 6.45) is 6.10. The Balaban J connectivity index is 1.25. The van der Waals surface area contributed by atoms with Crippen LogP contribution in [0.15, 0.2) is 24.3 Å². The fourth-order valence-electron chi connectivity index (χ4n) is 6.21. The Bertz CT molecular complexity index is 1110. The second kappa shape index (κ2) is 12.5. The highest BCUT2D eigenvalue weighted by atomic mass is 16.3. The van der Waals surface area contributed by atoms with Gasteiger partial charge >= 0.3 is 0 Å². The van der Waals surface area contributed by atoms with E-state index in [1.54, 1.807) is 0 Å². The number of aliphatic hydroxyl groups excluding tert-OH is 1. The molecule has 10 nitrogen and oxygen atoms in total. The summed E-state index contributed by atoms with van der Waals surface area (Å²) in [6.45, 7) is 7.46. The van der Waals surface area contributed by atoms with Crippen molar-refractivity contribution in [1.82, 2.24) is 20.2 Å². The van der Waals surface area contributed by atoms with Gasteiger partial charge in [0.25, 0.3) is 5.91 Å². The van der Waals surface area contributed by atoms with E-state index in [0.717, 1.165) is 70.0 Å². The first-order valence-corrected chi connectivity index (χ1v) is 14.6. The molecule has 2 aromatic rings. The van der Waals surface area contributed by atoms with Gasteiger partial charge < -0.3 is 36.6 Å². The van der Waals surface area contributed by atoms with E-state index in [4.69, 9.17) is 10.7 Å². The highest BCUT2D eigenvalue weighted by Crippen LogP contribution is 2.29. The fourth-order valence-corrected chi connectivity index (χ4v) is 6.21. The van der Waals surface area contributed by atoms with Crippen LogP contribution in [0.5, 0.6) is 0 Å². The monoisotopic (exact) mass is 536 g/mol. The van der Waals surface area contributed by atoms with E-state index in [2.05, 4.69) is 49.9 Å². The van der Waals surface area contributed by atoms with Crippen molar-refractivity contribution in [3.8, 4) is 0 Å². The molecule has 3 fully saturated rings. The van der Waals surface area contributed by atoms with Crippen LogP contribution in [0.4, 0.5) is 23.0 Å². The second-order valence-electron chi connectivity index (χ2n) is 11.4. The van der Waals surface area contributed by atoms with Gasteiger partial charge in [-0.3, -0.25) is 4.79 Å². The Morgan fingerprint density at radius 1 is 1.05 bits per heavy atom. The summed E-state index contributed by atoms with van der Waals surface area (Å²) in [6, 6.07) is 9.11. The maximum atomic E-state index is 12.3. The Hall–Kier alpha value is -2.95. The zero-order chi connectivity index (χ0) is 27.4. The van der Waals surface area contributed by atoms with Crippen LogP contribution < -0.4 is 26.6 Å². The lowest BCUT2D eigenvalue weighted by molar-refractivity contribution is 0.0996. The number of benzene rings is 1. The molecule has 0 bridgehead atoms. The number of carbonyl (C=O) groups is 1. The van der Waals surface area contributed by atoms with E-state index in [9.17, 15) is 9.90 Å². The molecule has 6 N–H and O–H groups in total. The summed E-state index contributed by atoms with van der Waals surface area (Å²) < 4.78 is 0. The number of rotatable bonds is 8. The average Bonchev–Trinajstić information content (AvgIpc) is 2.95. The quantitative estimate of drug-likeness (QED) is 0.345. The molecule has 0 spiro atoms. The molecule has 1 atom stereocenters. The van der Waals surface area contributed by atoms with Gasteiger partial charge in [-0.1, -0.05) is 6.92 Å². The third-order valence-corrected chi connectivity index (χ3v) is 8.59. The zero-order valence-electron chi connectivity index (χ0n) is 23.3. The number of amides is 1. The van der Waals surface area contributed by atoms with Crippen LogP contribution in [-0.4, -0.2) is 83.8 Å². The molecule has 2 saturated heterocycles. The Kier molecular flexibility index (Phi) is 8.84. The Morgan fingerprint density at radius 3 is 2.41 bits per heavy atom. The summed E-state index contributed by atoms with van der Waals surface area (Å²) in [5.41, 5.74) is 8.59. The average molecular weight is 537 g/mol. The minimum Gasteiger partial charge on any atom is -0.393 e. The molecule has 39 heavy (non-hydrogen) atoms. The summed E-state index contributed by atoms with van der Waals surface area (Å²) in [4.78, 5) is 26.5. The fraction of sp³-hybridized carbons (Fsp3) is 0.621. The lowest BCUT2D eigenvalue weighted by atomic mass is 9.88. The third-order valence-electron chi connectivity index (χ3n) is 8.59. The van der Waals surface area contributed by atoms with Crippen molar-refractivity contribution in [2.75, 3.05) is 55.3 Å². The molecule has 3 heterocycles. The number of aryl methyl sites for hydroxylation is 1. The van der Waals surface area contributed by atoms with E-state index >= 15 is 0 Å². The molecule has 0 radical (unpaired) electrons. The molecular formula is C29H44N8O2. The number of nitrogens with zero attached hydrogens (tertiary/aromatic N) is 4. The van der Waals surface area contributed by atoms with Crippen LogP contribution in [0.25, 0.3) is 0 Å². The lowest BCUT2D eigenvalue weighted by Crippen LogP contribution is -2.54. The highest BCUT2D eigenvalue weighted by molar-refractivity contribution is 5.96. The van der Waals surface area contributed by atoms with Crippen molar-refractivity contribution in [1.29, 1.82) is 0 Å². The van der Waals surface area contributed by atoms with Crippen LogP contribution in [0.1, 0.15) is 61.6 Å². The van der Waals surface area contributed by atoms with Crippen molar-refractivity contribution in [3.05, 3.63) is 35.7 Å². The van der Waals surface area contributed by atoms with E-state index in [-0.39, 0.29) is 17.8 Å². The molecule has 2 aliphatic heterocycles. The van der Waals surface area contributed by atoms with Gasteiger partial charge in [0, 0.05) is 56.2 Å². The predicted molar refractivity (Wildman–Crippen MR) is 156 cm³/mol. The largest absolute Gasteiger partial charge is 0.393 e. The van der Waals surface area contributed by atoms with Crippen LogP contribution in [0.3, 0.4) is 0 Å². The SMILES string of the molecule is CCc1nc(C(N)=O)c(Nc2ccc(N3CCC(C4CN(C)CCN4)CC3)cc2)nc1NC1CCC(O)CC1. The van der Waals surface area contributed by atoms with Crippen molar-refractivity contribution in [2.24, 2.45) is 11.7 Å². The molecule has 1 saturated carbocycles. The Labute approximate surface area is 231 Å².